The third-order valence-corrected chi connectivity index (χ3v) is 2.66. The molecule has 0 saturated carbocycles. The van der Waals surface area contributed by atoms with E-state index in [1.807, 2.05) is 19.3 Å². The fraction of sp³-hybridized carbons (Fsp3) is 0.222. The minimum absolute atomic E-state index is 0.0107. The van der Waals surface area contributed by atoms with E-state index in [1.54, 1.807) is 10.1 Å². The van der Waals surface area contributed by atoms with Crippen LogP contribution in [0.4, 0.5) is 0 Å². The maximum Gasteiger partial charge on any atom is 0.178 e. The van der Waals surface area contributed by atoms with Crippen LogP contribution in [0, 0.1) is 0 Å². The molecule has 0 unspecified atom stereocenters. The highest BCUT2D eigenvalue weighted by molar-refractivity contribution is 7.13. The Balaban J connectivity index is 2.38. The number of aryl methyl sites for hydroxylation is 1. The second-order valence-electron chi connectivity index (χ2n) is 2.97. The molecule has 0 amide bonds. The van der Waals surface area contributed by atoms with E-state index in [2.05, 4.69) is 10.1 Å². The molecule has 0 fully saturated rings. The van der Waals surface area contributed by atoms with E-state index in [1.165, 1.54) is 18.3 Å². The van der Waals surface area contributed by atoms with Crippen LogP contribution in [0.2, 0.25) is 0 Å². The molecule has 5 heteroatoms. The predicted octanol–water partition coefficient (Wildman–Crippen LogP) is 1.75. The average molecular weight is 207 g/mol. The lowest BCUT2D eigenvalue weighted by atomic mass is 10.3. The van der Waals surface area contributed by atoms with Gasteiger partial charge in [-0.1, -0.05) is 0 Å². The van der Waals surface area contributed by atoms with Crippen LogP contribution in [0.3, 0.4) is 0 Å². The summed E-state index contributed by atoms with van der Waals surface area (Å²) in [5.41, 5.74) is 1.32. The Labute approximate surface area is 85.2 Å². The summed E-state index contributed by atoms with van der Waals surface area (Å²) in [6, 6.07) is 1.88. The standard InChI is InChI=1S/C9H9N3OS/c1-6(13)8-5-14-9(10-8)7-3-4-12(2)11-7/h3-5H,1-2H3. The average Bonchev–Trinajstić information content (AvgIpc) is 2.70. The van der Waals surface area contributed by atoms with Gasteiger partial charge in [-0.05, 0) is 6.07 Å². The Morgan fingerprint density at radius 3 is 2.86 bits per heavy atom. The molecule has 2 heterocycles. The lowest BCUT2D eigenvalue weighted by Gasteiger charge is -1.87. The lowest BCUT2D eigenvalue weighted by Crippen LogP contribution is -1.92. The molecule has 0 N–H and O–H groups in total. The van der Waals surface area contributed by atoms with E-state index in [0.717, 1.165) is 10.7 Å². The Morgan fingerprint density at radius 2 is 2.36 bits per heavy atom. The second-order valence-corrected chi connectivity index (χ2v) is 3.83. The zero-order valence-corrected chi connectivity index (χ0v) is 8.71. The molecule has 0 bridgehead atoms. The van der Waals surface area contributed by atoms with Crippen molar-refractivity contribution in [3.05, 3.63) is 23.3 Å². The number of nitrogens with zero attached hydrogens (tertiary/aromatic N) is 3. The van der Waals surface area contributed by atoms with Gasteiger partial charge in [-0.15, -0.1) is 11.3 Å². The monoisotopic (exact) mass is 207 g/mol. The predicted molar refractivity (Wildman–Crippen MR) is 54.3 cm³/mol. The van der Waals surface area contributed by atoms with Crippen molar-refractivity contribution >= 4 is 17.1 Å². The number of thiazole rings is 1. The minimum atomic E-state index is -0.0107. The molecule has 0 spiro atoms. The van der Waals surface area contributed by atoms with Crippen molar-refractivity contribution in [2.24, 2.45) is 7.05 Å². The highest BCUT2D eigenvalue weighted by atomic mass is 32.1. The maximum absolute atomic E-state index is 11.0. The number of carbonyl (C=O) groups is 1. The molecular formula is C9H9N3OS. The van der Waals surface area contributed by atoms with Crippen molar-refractivity contribution in [2.75, 3.05) is 0 Å². The van der Waals surface area contributed by atoms with Gasteiger partial charge in [-0.25, -0.2) is 4.98 Å². The van der Waals surface area contributed by atoms with Crippen LogP contribution in [-0.2, 0) is 7.05 Å². The van der Waals surface area contributed by atoms with Crippen LogP contribution in [0.25, 0.3) is 10.7 Å². The molecule has 4 nitrogen and oxygen atoms in total. The minimum Gasteiger partial charge on any atom is -0.293 e. The summed E-state index contributed by atoms with van der Waals surface area (Å²) in [5, 5.41) is 6.75. The summed E-state index contributed by atoms with van der Waals surface area (Å²) >= 11 is 1.44. The first-order valence-corrected chi connectivity index (χ1v) is 5.01. The molecule has 2 aromatic rings. The molecule has 2 aromatic heterocycles. The van der Waals surface area contributed by atoms with Crippen molar-refractivity contribution in [1.29, 1.82) is 0 Å². The first kappa shape index (κ1) is 9.08. The van der Waals surface area contributed by atoms with Gasteiger partial charge in [0.25, 0.3) is 0 Å². The van der Waals surface area contributed by atoms with Crippen LogP contribution in [0.15, 0.2) is 17.6 Å². The molecular weight excluding hydrogens is 198 g/mol. The largest absolute Gasteiger partial charge is 0.293 e. The van der Waals surface area contributed by atoms with Crippen molar-refractivity contribution in [3.8, 4) is 10.7 Å². The first-order chi connectivity index (χ1) is 6.66. The van der Waals surface area contributed by atoms with E-state index in [4.69, 9.17) is 0 Å². The molecule has 0 aliphatic heterocycles. The van der Waals surface area contributed by atoms with E-state index >= 15 is 0 Å². The highest BCUT2D eigenvalue weighted by Gasteiger charge is 2.09. The number of hydrogen-bond donors (Lipinski definition) is 0. The Bertz CT molecular complexity index is 472. The van der Waals surface area contributed by atoms with E-state index in [9.17, 15) is 4.79 Å². The quantitative estimate of drug-likeness (QED) is 0.705. The molecule has 0 aliphatic carbocycles. The van der Waals surface area contributed by atoms with Gasteiger partial charge in [0.1, 0.15) is 16.4 Å². The third kappa shape index (κ3) is 1.58. The highest BCUT2D eigenvalue weighted by Crippen LogP contribution is 2.21. The van der Waals surface area contributed by atoms with Crippen molar-refractivity contribution in [2.45, 2.75) is 6.92 Å². The number of aromatic nitrogens is 3. The summed E-state index contributed by atoms with van der Waals surface area (Å²) in [5.74, 6) is -0.0107. The molecule has 72 valence electrons. The van der Waals surface area contributed by atoms with Gasteiger partial charge < -0.3 is 0 Å². The van der Waals surface area contributed by atoms with Gasteiger partial charge in [-0.3, -0.25) is 9.48 Å². The van der Waals surface area contributed by atoms with Crippen molar-refractivity contribution in [1.82, 2.24) is 14.8 Å². The second kappa shape index (κ2) is 3.34. The molecule has 0 saturated heterocycles. The van der Waals surface area contributed by atoms with Crippen LogP contribution >= 0.6 is 11.3 Å². The molecule has 0 radical (unpaired) electrons. The lowest BCUT2D eigenvalue weighted by molar-refractivity contribution is 0.101. The van der Waals surface area contributed by atoms with Crippen LogP contribution in [0.5, 0.6) is 0 Å². The van der Waals surface area contributed by atoms with Crippen molar-refractivity contribution < 1.29 is 4.79 Å². The SMILES string of the molecule is CC(=O)c1csc(-c2ccn(C)n2)n1. The topological polar surface area (TPSA) is 47.8 Å². The van der Waals surface area contributed by atoms with Gasteiger partial charge in [0.15, 0.2) is 5.78 Å². The Morgan fingerprint density at radius 1 is 1.57 bits per heavy atom. The van der Waals surface area contributed by atoms with Crippen LogP contribution < -0.4 is 0 Å². The van der Waals surface area contributed by atoms with E-state index < -0.39 is 0 Å². The maximum atomic E-state index is 11.0. The Kier molecular flexibility index (Phi) is 2.17. The number of rotatable bonds is 2. The van der Waals surface area contributed by atoms with Gasteiger partial charge >= 0.3 is 0 Å². The molecule has 0 aromatic carbocycles. The zero-order chi connectivity index (χ0) is 10.1. The zero-order valence-electron chi connectivity index (χ0n) is 7.89. The van der Waals surface area contributed by atoms with Crippen LogP contribution in [0.1, 0.15) is 17.4 Å². The molecule has 0 aliphatic rings. The first-order valence-electron chi connectivity index (χ1n) is 4.13. The summed E-state index contributed by atoms with van der Waals surface area (Å²) in [4.78, 5) is 15.2. The van der Waals surface area contributed by atoms with E-state index in [-0.39, 0.29) is 5.78 Å². The molecule has 0 atom stereocenters. The summed E-state index contributed by atoms with van der Waals surface area (Å²) in [7, 11) is 1.85. The summed E-state index contributed by atoms with van der Waals surface area (Å²) in [6.07, 6.45) is 1.85. The van der Waals surface area contributed by atoms with Crippen molar-refractivity contribution in [3.63, 3.8) is 0 Å². The van der Waals surface area contributed by atoms with Gasteiger partial charge in [-0.2, -0.15) is 5.10 Å². The fourth-order valence-electron chi connectivity index (χ4n) is 1.08. The molecule has 14 heavy (non-hydrogen) atoms. The normalized spacial score (nSPS) is 10.4. The number of ketones is 1. The summed E-state index contributed by atoms with van der Waals surface area (Å²) < 4.78 is 1.71. The van der Waals surface area contributed by atoms with Gasteiger partial charge in [0.05, 0.1) is 0 Å². The number of carbonyl (C=O) groups excluding carboxylic acids is 1. The summed E-state index contributed by atoms with van der Waals surface area (Å²) in [6.45, 7) is 1.51. The van der Waals surface area contributed by atoms with Crippen LogP contribution in [-0.4, -0.2) is 20.5 Å². The van der Waals surface area contributed by atoms with Gasteiger partial charge in [0.2, 0.25) is 0 Å². The smallest absolute Gasteiger partial charge is 0.178 e. The fourth-order valence-corrected chi connectivity index (χ4v) is 1.90. The van der Waals surface area contributed by atoms with E-state index in [0.29, 0.717) is 5.69 Å². The number of hydrogen-bond acceptors (Lipinski definition) is 4. The van der Waals surface area contributed by atoms with Gasteiger partial charge in [0, 0.05) is 25.5 Å². The molecule has 2 rings (SSSR count). The third-order valence-electron chi connectivity index (χ3n) is 1.80. The number of Topliss-reactive ketones (excluding diaryl/α,β-unsaturated/α-hetero) is 1. The Hall–Kier alpha value is -1.49.